The summed E-state index contributed by atoms with van der Waals surface area (Å²) in [6, 6.07) is 2.75. The second-order valence-corrected chi connectivity index (χ2v) is 4.28. The fourth-order valence-electron chi connectivity index (χ4n) is 2.03. The zero-order valence-electron chi connectivity index (χ0n) is 9.97. The van der Waals surface area contributed by atoms with Crippen LogP contribution in [-0.4, -0.2) is 48.5 Å². The first kappa shape index (κ1) is 12.6. The Labute approximate surface area is 104 Å². The van der Waals surface area contributed by atoms with Crippen molar-refractivity contribution in [3.8, 4) is 0 Å². The number of nitrogen functional groups attached to an aromatic ring is 1. The SMILES string of the molecule is NC(=O)CN1CCN(c2nc(F)ccc2N)CC1. The Bertz CT molecular complexity index is 445. The Morgan fingerprint density at radius 1 is 1.33 bits per heavy atom. The van der Waals surface area contributed by atoms with Gasteiger partial charge in [0.15, 0.2) is 5.82 Å². The topological polar surface area (TPSA) is 88.5 Å². The van der Waals surface area contributed by atoms with Crippen LogP contribution in [-0.2, 0) is 4.79 Å². The molecule has 1 aromatic heterocycles. The predicted octanol–water partition coefficient (Wildman–Crippen LogP) is -0.590. The normalized spacial score (nSPS) is 16.8. The molecule has 0 spiro atoms. The van der Waals surface area contributed by atoms with Crippen LogP contribution < -0.4 is 16.4 Å². The van der Waals surface area contributed by atoms with Crippen molar-refractivity contribution in [3.05, 3.63) is 18.1 Å². The highest BCUT2D eigenvalue weighted by Gasteiger charge is 2.20. The largest absolute Gasteiger partial charge is 0.396 e. The van der Waals surface area contributed by atoms with E-state index in [1.54, 1.807) is 0 Å². The van der Waals surface area contributed by atoms with Gasteiger partial charge in [-0.3, -0.25) is 9.69 Å². The number of nitrogens with two attached hydrogens (primary N) is 2. The van der Waals surface area contributed by atoms with Gasteiger partial charge in [0.05, 0.1) is 12.2 Å². The van der Waals surface area contributed by atoms with Gasteiger partial charge in [-0.25, -0.2) is 4.98 Å². The molecule has 18 heavy (non-hydrogen) atoms. The number of hydrogen-bond acceptors (Lipinski definition) is 5. The molecule has 0 saturated carbocycles. The van der Waals surface area contributed by atoms with Crippen LogP contribution in [0, 0.1) is 5.95 Å². The van der Waals surface area contributed by atoms with E-state index in [9.17, 15) is 9.18 Å². The molecule has 7 heteroatoms. The van der Waals surface area contributed by atoms with Crippen molar-refractivity contribution >= 4 is 17.4 Å². The number of anilines is 2. The summed E-state index contributed by atoms with van der Waals surface area (Å²) in [6.45, 7) is 2.91. The third-order valence-corrected chi connectivity index (χ3v) is 2.92. The molecule has 2 rings (SSSR count). The van der Waals surface area contributed by atoms with Crippen molar-refractivity contribution in [3.63, 3.8) is 0 Å². The molecular formula is C11H16FN5O. The highest BCUT2D eigenvalue weighted by molar-refractivity contribution is 5.76. The Kier molecular flexibility index (Phi) is 3.61. The van der Waals surface area contributed by atoms with Gasteiger partial charge in [-0.2, -0.15) is 4.39 Å². The van der Waals surface area contributed by atoms with Crippen LogP contribution in [0.3, 0.4) is 0 Å². The number of pyridine rings is 1. The number of amides is 1. The average molecular weight is 253 g/mol. The highest BCUT2D eigenvalue weighted by atomic mass is 19.1. The quantitative estimate of drug-likeness (QED) is 0.703. The van der Waals surface area contributed by atoms with Crippen LogP contribution in [0.4, 0.5) is 15.9 Å². The van der Waals surface area contributed by atoms with E-state index < -0.39 is 5.95 Å². The molecule has 1 amide bonds. The van der Waals surface area contributed by atoms with Crippen LogP contribution in [0.5, 0.6) is 0 Å². The van der Waals surface area contributed by atoms with Crippen LogP contribution in [0.1, 0.15) is 0 Å². The minimum absolute atomic E-state index is 0.250. The summed E-state index contributed by atoms with van der Waals surface area (Å²) < 4.78 is 13.1. The first-order valence-electron chi connectivity index (χ1n) is 5.74. The molecule has 1 aliphatic heterocycles. The number of hydrogen-bond donors (Lipinski definition) is 2. The number of halogens is 1. The van der Waals surface area contributed by atoms with Crippen LogP contribution in [0.15, 0.2) is 12.1 Å². The number of aromatic nitrogens is 1. The summed E-state index contributed by atoms with van der Waals surface area (Å²) in [5, 5.41) is 0. The van der Waals surface area contributed by atoms with Crippen molar-refractivity contribution in [2.45, 2.75) is 0 Å². The van der Waals surface area contributed by atoms with E-state index in [2.05, 4.69) is 4.98 Å². The van der Waals surface area contributed by atoms with E-state index in [0.717, 1.165) is 0 Å². The summed E-state index contributed by atoms with van der Waals surface area (Å²) in [5.41, 5.74) is 11.4. The van der Waals surface area contributed by atoms with Gasteiger partial charge in [0.2, 0.25) is 11.9 Å². The van der Waals surface area contributed by atoms with Gasteiger partial charge >= 0.3 is 0 Å². The molecule has 0 atom stereocenters. The lowest BCUT2D eigenvalue weighted by Crippen LogP contribution is -2.49. The fourth-order valence-corrected chi connectivity index (χ4v) is 2.03. The van der Waals surface area contributed by atoms with Crippen LogP contribution in [0.25, 0.3) is 0 Å². The minimum atomic E-state index is -0.543. The van der Waals surface area contributed by atoms with Gasteiger partial charge < -0.3 is 16.4 Å². The monoisotopic (exact) mass is 253 g/mol. The molecule has 1 aliphatic rings. The first-order chi connectivity index (χ1) is 8.56. The molecule has 0 unspecified atom stereocenters. The van der Waals surface area contributed by atoms with Gasteiger partial charge in [-0.05, 0) is 12.1 Å². The number of piperazine rings is 1. The predicted molar refractivity (Wildman–Crippen MR) is 66.5 cm³/mol. The molecule has 98 valence electrons. The third kappa shape index (κ3) is 2.86. The lowest BCUT2D eigenvalue weighted by Gasteiger charge is -2.35. The van der Waals surface area contributed by atoms with Crippen molar-refractivity contribution in [1.29, 1.82) is 0 Å². The molecule has 1 fully saturated rings. The maximum atomic E-state index is 13.1. The molecule has 0 bridgehead atoms. The third-order valence-electron chi connectivity index (χ3n) is 2.92. The van der Waals surface area contributed by atoms with E-state index >= 15 is 0 Å². The fraction of sp³-hybridized carbons (Fsp3) is 0.455. The van der Waals surface area contributed by atoms with Crippen molar-refractivity contribution in [2.24, 2.45) is 5.73 Å². The highest BCUT2D eigenvalue weighted by Crippen LogP contribution is 2.21. The van der Waals surface area contributed by atoms with Crippen molar-refractivity contribution in [1.82, 2.24) is 9.88 Å². The number of nitrogens with zero attached hydrogens (tertiary/aromatic N) is 3. The molecule has 2 heterocycles. The van der Waals surface area contributed by atoms with Gasteiger partial charge in [0.25, 0.3) is 0 Å². The van der Waals surface area contributed by atoms with Crippen molar-refractivity contribution < 1.29 is 9.18 Å². The Morgan fingerprint density at radius 2 is 2.00 bits per heavy atom. The number of carbonyl (C=O) groups excluding carboxylic acids is 1. The summed E-state index contributed by atoms with van der Waals surface area (Å²) in [7, 11) is 0. The molecule has 1 saturated heterocycles. The van der Waals surface area contributed by atoms with Crippen molar-refractivity contribution in [2.75, 3.05) is 43.4 Å². The van der Waals surface area contributed by atoms with Gasteiger partial charge in [0, 0.05) is 26.2 Å². The maximum Gasteiger partial charge on any atom is 0.231 e. The Morgan fingerprint density at radius 3 is 2.61 bits per heavy atom. The number of primary amides is 1. The zero-order chi connectivity index (χ0) is 13.1. The van der Waals surface area contributed by atoms with E-state index in [0.29, 0.717) is 37.7 Å². The molecule has 1 aromatic rings. The second kappa shape index (κ2) is 5.18. The summed E-state index contributed by atoms with van der Waals surface area (Å²) >= 11 is 0. The van der Waals surface area contributed by atoms with Gasteiger partial charge in [-0.15, -0.1) is 0 Å². The Balaban J connectivity index is 2.01. The molecule has 0 aliphatic carbocycles. The lowest BCUT2D eigenvalue weighted by molar-refractivity contribution is -0.119. The van der Waals surface area contributed by atoms with Gasteiger partial charge in [-0.1, -0.05) is 0 Å². The molecule has 4 N–H and O–H groups in total. The van der Waals surface area contributed by atoms with E-state index in [4.69, 9.17) is 11.5 Å². The van der Waals surface area contributed by atoms with Crippen LogP contribution >= 0.6 is 0 Å². The zero-order valence-corrected chi connectivity index (χ0v) is 9.97. The summed E-state index contributed by atoms with van der Waals surface area (Å²) in [5.74, 6) is -0.417. The summed E-state index contributed by atoms with van der Waals surface area (Å²) in [6.07, 6.45) is 0. The molecular weight excluding hydrogens is 237 g/mol. The summed E-state index contributed by atoms with van der Waals surface area (Å²) in [4.78, 5) is 18.5. The Hall–Kier alpha value is -1.89. The first-order valence-corrected chi connectivity index (χ1v) is 5.74. The van der Waals surface area contributed by atoms with Crippen LogP contribution in [0.2, 0.25) is 0 Å². The average Bonchev–Trinajstić information content (AvgIpc) is 2.33. The van der Waals surface area contributed by atoms with E-state index in [-0.39, 0.29) is 12.5 Å². The maximum absolute atomic E-state index is 13.1. The van der Waals surface area contributed by atoms with E-state index in [1.165, 1.54) is 12.1 Å². The number of carbonyl (C=O) groups is 1. The second-order valence-electron chi connectivity index (χ2n) is 4.28. The standard InChI is InChI=1S/C11H16FN5O/c12-9-2-1-8(13)11(15-9)17-5-3-16(4-6-17)7-10(14)18/h1-2H,3-7,13H2,(H2,14,18). The minimum Gasteiger partial charge on any atom is -0.396 e. The molecule has 6 nitrogen and oxygen atoms in total. The number of rotatable bonds is 3. The van der Waals surface area contributed by atoms with Gasteiger partial charge in [0.1, 0.15) is 0 Å². The molecule has 0 aromatic carbocycles. The lowest BCUT2D eigenvalue weighted by atomic mass is 10.3. The van der Waals surface area contributed by atoms with E-state index in [1.807, 2.05) is 9.80 Å². The molecule has 0 radical (unpaired) electrons. The smallest absolute Gasteiger partial charge is 0.231 e.